The maximum atomic E-state index is 12.3. The number of rotatable bonds is 3. The molecule has 0 radical (unpaired) electrons. The highest BCUT2D eigenvalue weighted by Crippen LogP contribution is 2.19. The second kappa shape index (κ2) is 5.69. The summed E-state index contributed by atoms with van der Waals surface area (Å²) in [5.74, 6) is -1.40. The number of hydrogen-bond donors (Lipinski definition) is 3. The Balaban J connectivity index is 1.58. The summed E-state index contributed by atoms with van der Waals surface area (Å²) in [6.07, 6.45) is 4.52. The van der Waals surface area contributed by atoms with E-state index in [9.17, 15) is 9.59 Å². The summed E-state index contributed by atoms with van der Waals surface area (Å²) in [6, 6.07) is 7.65. The average Bonchev–Trinajstić information content (AvgIpc) is 2.95. The van der Waals surface area contributed by atoms with Crippen molar-refractivity contribution in [3.05, 3.63) is 47.5 Å². The van der Waals surface area contributed by atoms with Crippen LogP contribution in [0.15, 0.2) is 36.4 Å². The van der Waals surface area contributed by atoms with Crippen LogP contribution >= 0.6 is 0 Å². The standard InChI is InChI=1S/C16H18N2O3/c19-15(18-13-6-5-11(7-13)16(20)21)14-8-10-3-1-2-4-12(10)9-17-14/h1-6,11,13-14,17H,7-9H2,(H,18,19)(H,20,21)/t11?,13?,14-/m1/s1. The Labute approximate surface area is 123 Å². The highest BCUT2D eigenvalue weighted by atomic mass is 16.4. The van der Waals surface area contributed by atoms with E-state index in [1.807, 2.05) is 18.2 Å². The van der Waals surface area contributed by atoms with Crippen molar-refractivity contribution in [3.63, 3.8) is 0 Å². The van der Waals surface area contributed by atoms with E-state index in [2.05, 4.69) is 16.7 Å². The Morgan fingerprint density at radius 3 is 2.67 bits per heavy atom. The minimum Gasteiger partial charge on any atom is -0.481 e. The topological polar surface area (TPSA) is 78.4 Å². The van der Waals surface area contributed by atoms with Gasteiger partial charge in [-0.1, -0.05) is 36.4 Å². The number of hydrogen-bond acceptors (Lipinski definition) is 3. The van der Waals surface area contributed by atoms with Crippen molar-refractivity contribution >= 4 is 11.9 Å². The first-order valence-electron chi connectivity index (χ1n) is 7.15. The van der Waals surface area contributed by atoms with E-state index in [0.717, 1.165) is 0 Å². The number of nitrogens with one attached hydrogen (secondary N) is 2. The summed E-state index contributed by atoms with van der Waals surface area (Å²) < 4.78 is 0. The van der Waals surface area contributed by atoms with Crippen molar-refractivity contribution < 1.29 is 14.7 Å². The van der Waals surface area contributed by atoms with E-state index in [1.54, 1.807) is 12.2 Å². The van der Waals surface area contributed by atoms with E-state index in [-0.39, 0.29) is 18.0 Å². The largest absolute Gasteiger partial charge is 0.481 e. The Kier molecular flexibility index (Phi) is 3.75. The Bertz CT molecular complexity index is 597. The Morgan fingerprint density at radius 1 is 1.19 bits per heavy atom. The molecule has 3 N–H and O–H groups in total. The maximum Gasteiger partial charge on any atom is 0.310 e. The summed E-state index contributed by atoms with van der Waals surface area (Å²) in [4.78, 5) is 23.2. The molecular weight excluding hydrogens is 268 g/mol. The molecule has 21 heavy (non-hydrogen) atoms. The third-order valence-electron chi connectivity index (χ3n) is 4.13. The molecule has 0 saturated heterocycles. The van der Waals surface area contributed by atoms with E-state index < -0.39 is 11.9 Å². The third-order valence-corrected chi connectivity index (χ3v) is 4.13. The third kappa shape index (κ3) is 2.97. The lowest BCUT2D eigenvalue weighted by Crippen LogP contribution is -2.50. The molecule has 0 spiro atoms. The van der Waals surface area contributed by atoms with Crippen molar-refractivity contribution in [1.29, 1.82) is 0 Å². The molecule has 1 aliphatic heterocycles. The van der Waals surface area contributed by atoms with E-state index >= 15 is 0 Å². The van der Waals surface area contributed by atoms with Crippen molar-refractivity contribution in [3.8, 4) is 0 Å². The smallest absolute Gasteiger partial charge is 0.310 e. The molecule has 1 amide bonds. The molecule has 1 aliphatic carbocycles. The molecule has 2 unspecified atom stereocenters. The van der Waals surface area contributed by atoms with Crippen LogP contribution in [0.4, 0.5) is 0 Å². The molecular formula is C16H18N2O3. The number of carboxylic acids is 1. The molecule has 0 fully saturated rings. The van der Waals surface area contributed by atoms with Gasteiger partial charge >= 0.3 is 5.97 Å². The number of carboxylic acid groups (broad SMARTS) is 1. The van der Waals surface area contributed by atoms with E-state index in [1.165, 1.54) is 11.1 Å². The zero-order chi connectivity index (χ0) is 14.8. The fourth-order valence-electron chi connectivity index (χ4n) is 2.91. The Morgan fingerprint density at radius 2 is 1.95 bits per heavy atom. The second-order valence-corrected chi connectivity index (χ2v) is 5.59. The highest BCUT2D eigenvalue weighted by molar-refractivity contribution is 5.83. The summed E-state index contributed by atoms with van der Waals surface area (Å²) in [7, 11) is 0. The molecule has 0 aromatic heterocycles. The predicted octanol–water partition coefficient (Wildman–Crippen LogP) is 0.846. The van der Waals surface area contributed by atoms with Crippen LogP contribution in [0.25, 0.3) is 0 Å². The molecule has 1 aromatic rings. The molecule has 3 atom stereocenters. The van der Waals surface area contributed by atoms with Crippen LogP contribution in [0.2, 0.25) is 0 Å². The second-order valence-electron chi connectivity index (χ2n) is 5.59. The number of fused-ring (bicyclic) bond motifs is 1. The average molecular weight is 286 g/mol. The van der Waals surface area contributed by atoms with Gasteiger partial charge in [0.25, 0.3) is 0 Å². The zero-order valence-electron chi connectivity index (χ0n) is 11.6. The van der Waals surface area contributed by atoms with Crippen molar-refractivity contribution in [2.75, 3.05) is 0 Å². The molecule has 2 aliphatic rings. The van der Waals surface area contributed by atoms with Gasteiger partial charge in [0.1, 0.15) is 0 Å². The van der Waals surface area contributed by atoms with Gasteiger partial charge in [0.05, 0.1) is 12.0 Å². The molecule has 5 nitrogen and oxygen atoms in total. The van der Waals surface area contributed by atoms with E-state index in [4.69, 9.17) is 5.11 Å². The molecule has 0 saturated carbocycles. The van der Waals surface area contributed by atoms with Crippen LogP contribution in [-0.2, 0) is 22.6 Å². The number of carbonyl (C=O) groups is 2. The molecule has 0 bridgehead atoms. The summed E-state index contributed by atoms with van der Waals surface area (Å²) in [6.45, 7) is 0.687. The minimum absolute atomic E-state index is 0.0646. The molecule has 1 aromatic carbocycles. The molecule has 1 heterocycles. The highest BCUT2D eigenvalue weighted by Gasteiger charge is 2.29. The fraction of sp³-hybridized carbons (Fsp3) is 0.375. The number of amides is 1. The first-order valence-corrected chi connectivity index (χ1v) is 7.15. The van der Waals surface area contributed by atoms with Gasteiger partial charge in [0.15, 0.2) is 0 Å². The zero-order valence-corrected chi connectivity index (χ0v) is 11.6. The van der Waals surface area contributed by atoms with Crippen LogP contribution in [0, 0.1) is 5.92 Å². The van der Waals surface area contributed by atoms with Gasteiger partial charge < -0.3 is 15.7 Å². The number of carbonyl (C=O) groups excluding carboxylic acids is 1. The lowest BCUT2D eigenvalue weighted by atomic mass is 9.95. The lowest BCUT2D eigenvalue weighted by molar-refractivity contribution is -0.140. The summed E-state index contributed by atoms with van der Waals surface area (Å²) in [5.41, 5.74) is 2.43. The quantitative estimate of drug-likeness (QED) is 0.720. The lowest BCUT2D eigenvalue weighted by Gasteiger charge is -2.26. The minimum atomic E-state index is -0.840. The van der Waals surface area contributed by atoms with Crippen LogP contribution in [-0.4, -0.2) is 29.1 Å². The summed E-state index contributed by atoms with van der Waals surface area (Å²) >= 11 is 0. The van der Waals surface area contributed by atoms with Crippen LogP contribution < -0.4 is 10.6 Å². The van der Waals surface area contributed by atoms with Crippen LogP contribution in [0.3, 0.4) is 0 Å². The van der Waals surface area contributed by atoms with Gasteiger partial charge in [0, 0.05) is 12.6 Å². The first kappa shape index (κ1) is 13.8. The number of aliphatic carboxylic acids is 1. The fourth-order valence-corrected chi connectivity index (χ4v) is 2.91. The van der Waals surface area contributed by atoms with Crippen molar-refractivity contribution in [2.45, 2.75) is 31.5 Å². The summed E-state index contributed by atoms with van der Waals surface area (Å²) in [5, 5.41) is 15.1. The molecule has 3 rings (SSSR count). The van der Waals surface area contributed by atoms with Gasteiger partial charge in [-0.25, -0.2) is 0 Å². The van der Waals surface area contributed by atoms with E-state index in [0.29, 0.717) is 19.4 Å². The molecule has 110 valence electrons. The van der Waals surface area contributed by atoms with Gasteiger partial charge in [-0.05, 0) is 24.0 Å². The monoisotopic (exact) mass is 286 g/mol. The van der Waals surface area contributed by atoms with Crippen molar-refractivity contribution in [1.82, 2.24) is 10.6 Å². The SMILES string of the molecule is O=C(O)C1C=CC(NC(=O)[C@H]2Cc3ccccc3CN2)C1. The van der Waals surface area contributed by atoms with Gasteiger partial charge in [0.2, 0.25) is 5.91 Å². The normalized spacial score (nSPS) is 27.1. The van der Waals surface area contributed by atoms with Gasteiger partial charge in [-0.15, -0.1) is 0 Å². The van der Waals surface area contributed by atoms with Crippen molar-refractivity contribution in [2.24, 2.45) is 5.92 Å². The van der Waals surface area contributed by atoms with Crippen LogP contribution in [0.1, 0.15) is 17.5 Å². The van der Waals surface area contributed by atoms with Gasteiger partial charge in [-0.3, -0.25) is 9.59 Å². The molecule has 5 heteroatoms. The number of benzene rings is 1. The Hall–Kier alpha value is -2.14. The van der Waals surface area contributed by atoms with Gasteiger partial charge in [-0.2, -0.15) is 0 Å². The predicted molar refractivity (Wildman–Crippen MR) is 77.6 cm³/mol. The maximum absolute atomic E-state index is 12.3. The first-order chi connectivity index (χ1) is 10.1. The van der Waals surface area contributed by atoms with Crippen LogP contribution in [0.5, 0.6) is 0 Å².